The molecular weight excluding hydrogens is 516 g/mol. The third-order valence-electron chi connectivity index (χ3n) is 6.75. The molecule has 2 aromatic carbocycles. The van der Waals surface area contributed by atoms with Gasteiger partial charge in [-0.05, 0) is 24.0 Å². The first-order valence-corrected chi connectivity index (χ1v) is 13.1. The van der Waals surface area contributed by atoms with Crippen LogP contribution in [0, 0.1) is 0 Å². The van der Waals surface area contributed by atoms with E-state index < -0.39 is 6.10 Å². The Bertz CT molecular complexity index is 1040. The van der Waals surface area contributed by atoms with E-state index in [1.165, 1.54) is 24.2 Å². The lowest BCUT2D eigenvalue weighted by Gasteiger charge is -2.23. The maximum Gasteiger partial charge on any atom is 0.340 e. The fourth-order valence-electron chi connectivity index (χ4n) is 5.03. The van der Waals surface area contributed by atoms with Crippen LogP contribution < -0.4 is 21.5 Å². The van der Waals surface area contributed by atoms with E-state index in [2.05, 4.69) is 59.6 Å². The minimum atomic E-state index is -0.670. The molecule has 5 nitrogen and oxygen atoms in total. The Morgan fingerprint density at radius 1 is 0.972 bits per heavy atom. The first-order chi connectivity index (χ1) is 17.1. The molecule has 1 saturated carbocycles. The largest absolute Gasteiger partial charge is 1.00 e. The Balaban J connectivity index is 0.00000361. The van der Waals surface area contributed by atoms with Gasteiger partial charge in [0.05, 0.1) is 12.0 Å². The number of imidazole rings is 1. The molecule has 0 aliphatic heterocycles. The molecule has 194 valence electrons. The van der Waals surface area contributed by atoms with Gasteiger partial charge < -0.3 is 26.5 Å². The highest BCUT2D eigenvalue weighted by molar-refractivity contribution is 5.76. The Hall–Kier alpha value is -2.44. The van der Waals surface area contributed by atoms with Gasteiger partial charge in [-0.15, -0.1) is 0 Å². The number of aromatic nitrogens is 2. The van der Waals surface area contributed by atoms with Gasteiger partial charge in [0.25, 0.3) is 5.82 Å². The minimum Gasteiger partial charge on any atom is -1.00 e. The van der Waals surface area contributed by atoms with Gasteiger partial charge in [0.1, 0.15) is 32.1 Å². The quantitative estimate of drug-likeness (QED) is 0.220. The van der Waals surface area contributed by atoms with E-state index in [4.69, 9.17) is 9.47 Å². The summed E-state index contributed by atoms with van der Waals surface area (Å²) in [7, 11) is 0. The van der Waals surface area contributed by atoms with Crippen LogP contribution in [0.1, 0.15) is 81.3 Å². The first-order valence-electron chi connectivity index (χ1n) is 13.1. The number of rotatable bonds is 10. The third-order valence-corrected chi connectivity index (χ3v) is 6.75. The van der Waals surface area contributed by atoms with Crippen LogP contribution in [0.15, 0.2) is 73.1 Å². The number of ether oxygens (including phenoxy) is 2. The van der Waals surface area contributed by atoms with Crippen LogP contribution in [0.5, 0.6) is 0 Å². The summed E-state index contributed by atoms with van der Waals surface area (Å²) in [6, 6.07) is 20.3. The molecule has 0 spiro atoms. The average Bonchev–Trinajstić information content (AvgIpc) is 3.08. The third kappa shape index (κ3) is 7.78. The number of carbonyl (C=O) groups is 1. The van der Waals surface area contributed by atoms with Gasteiger partial charge in [0.15, 0.2) is 6.10 Å². The molecule has 1 aliphatic carbocycles. The van der Waals surface area contributed by atoms with Gasteiger partial charge in [-0.25, -0.2) is 13.9 Å². The van der Waals surface area contributed by atoms with Crippen LogP contribution in [0.3, 0.4) is 0 Å². The lowest BCUT2D eigenvalue weighted by Crippen LogP contribution is -3.00. The van der Waals surface area contributed by atoms with E-state index in [9.17, 15) is 4.79 Å². The van der Waals surface area contributed by atoms with Crippen LogP contribution in [-0.2, 0) is 27.4 Å². The SMILES string of the molecule is CC(C)c1n(CCOC(=O)C(OC2CCCCCC2)c2ccccc2)cc[n+]1Cc1ccccc1.[Br-]. The second kappa shape index (κ2) is 14.3. The van der Waals surface area contributed by atoms with Crippen molar-refractivity contribution in [2.24, 2.45) is 0 Å². The molecule has 3 aromatic rings. The molecule has 4 rings (SSSR count). The topological polar surface area (TPSA) is 44.3 Å². The standard InChI is InChI=1S/C30H39N2O3.BrH/c1-24(2)29-31(19-20-32(29)23-25-13-7-5-8-14-25)21-22-34-30(33)28(26-15-9-6-10-16-26)35-27-17-11-3-4-12-18-27;/h5-10,13-16,19-20,24,27-28H,3-4,11-12,17-18,21-23H2,1-2H3;1H/q+1;/p-1. The summed E-state index contributed by atoms with van der Waals surface area (Å²) in [5.41, 5.74) is 2.14. The monoisotopic (exact) mass is 554 g/mol. The van der Waals surface area contributed by atoms with Crippen molar-refractivity contribution in [3.8, 4) is 0 Å². The van der Waals surface area contributed by atoms with E-state index in [1.807, 2.05) is 36.4 Å². The summed E-state index contributed by atoms with van der Waals surface area (Å²) < 4.78 is 16.7. The number of hydrogen-bond acceptors (Lipinski definition) is 3. The summed E-state index contributed by atoms with van der Waals surface area (Å²) >= 11 is 0. The molecule has 6 heteroatoms. The molecule has 0 bridgehead atoms. The van der Waals surface area contributed by atoms with Crippen molar-refractivity contribution in [3.05, 3.63) is 90.0 Å². The van der Waals surface area contributed by atoms with Crippen molar-refractivity contribution in [2.45, 2.75) is 83.6 Å². The van der Waals surface area contributed by atoms with Crippen molar-refractivity contribution < 1.29 is 35.8 Å². The fraction of sp³-hybridized carbons (Fsp3) is 0.467. The van der Waals surface area contributed by atoms with Crippen molar-refractivity contribution in [3.63, 3.8) is 0 Å². The van der Waals surface area contributed by atoms with Gasteiger partial charge >= 0.3 is 5.97 Å². The van der Waals surface area contributed by atoms with E-state index in [0.29, 0.717) is 19.1 Å². The van der Waals surface area contributed by atoms with E-state index in [0.717, 1.165) is 37.8 Å². The van der Waals surface area contributed by atoms with Gasteiger partial charge in [-0.3, -0.25) is 0 Å². The van der Waals surface area contributed by atoms with Gasteiger partial charge in [-0.1, -0.05) is 100 Å². The highest BCUT2D eigenvalue weighted by atomic mass is 79.9. The summed E-state index contributed by atoms with van der Waals surface area (Å²) in [4.78, 5) is 13.2. The summed E-state index contributed by atoms with van der Waals surface area (Å²) in [6.07, 6.45) is 10.5. The van der Waals surface area contributed by atoms with Gasteiger partial charge in [-0.2, -0.15) is 0 Å². The number of benzene rings is 2. The molecule has 36 heavy (non-hydrogen) atoms. The zero-order valence-electron chi connectivity index (χ0n) is 21.5. The molecule has 1 heterocycles. The zero-order chi connectivity index (χ0) is 24.5. The summed E-state index contributed by atoms with van der Waals surface area (Å²) in [5, 5.41) is 0. The zero-order valence-corrected chi connectivity index (χ0v) is 23.1. The molecule has 1 unspecified atom stereocenters. The normalized spacial score (nSPS) is 15.2. The van der Waals surface area contributed by atoms with Crippen LogP contribution in [0.4, 0.5) is 0 Å². The molecule has 0 radical (unpaired) electrons. The molecular formula is C30H39BrN2O3. The smallest absolute Gasteiger partial charge is 0.340 e. The number of hydrogen-bond donors (Lipinski definition) is 0. The predicted octanol–water partition coefficient (Wildman–Crippen LogP) is 2.98. The second-order valence-corrected chi connectivity index (χ2v) is 9.83. The van der Waals surface area contributed by atoms with E-state index in [-0.39, 0.29) is 29.1 Å². The Kier molecular flexibility index (Phi) is 11.2. The minimum absolute atomic E-state index is 0. The Morgan fingerprint density at radius 2 is 1.61 bits per heavy atom. The molecule has 1 atom stereocenters. The molecule has 0 N–H and O–H groups in total. The molecule has 1 aromatic heterocycles. The average molecular weight is 556 g/mol. The lowest BCUT2D eigenvalue weighted by molar-refractivity contribution is -0.696. The highest BCUT2D eigenvalue weighted by Gasteiger charge is 2.28. The summed E-state index contributed by atoms with van der Waals surface area (Å²) in [6.45, 7) is 6.16. The second-order valence-electron chi connectivity index (χ2n) is 9.83. The van der Waals surface area contributed by atoms with Crippen LogP contribution in [0.2, 0.25) is 0 Å². The number of nitrogens with zero attached hydrogens (tertiary/aromatic N) is 2. The van der Waals surface area contributed by atoms with Crippen LogP contribution in [-0.4, -0.2) is 23.2 Å². The van der Waals surface area contributed by atoms with E-state index >= 15 is 0 Å². The molecule has 1 fully saturated rings. The van der Waals surface area contributed by atoms with Crippen LogP contribution >= 0.6 is 0 Å². The molecule has 1 aliphatic rings. The van der Waals surface area contributed by atoms with Gasteiger partial charge in [0, 0.05) is 0 Å². The first kappa shape index (κ1) is 28.1. The van der Waals surface area contributed by atoms with Crippen molar-refractivity contribution in [1.29, 1.82) is 0 Å². The van der Waals surface area contributed by atoms with Crippen molar-refractivity contribution >= 4 is 5.97 Å². The Morgan fingerprint density at radius 3 is 2.25 bits per heavy atom. The Labute approximate surface area is 226 Å². The van der Waals surface area contributed by atoms with E-state index in [1.54, 1.807) is 0 Å². The maximum atomic E-state index is 13.2. The number of carbonyl (C=O) groups excluding carboxylic acids is 1. The van der Waals surface area contributed by atoms with Crippen LogP contribution in [0.25, 0.3) is 0 Å². The number of halogens is 1. The fourth-order valence-corrected chi connectivity index (χ4v) is 5.03. The summed E-state index contributed by atoms with van der Waals surface area (Å²) in [5.74, 6) is 1.27. The van der Waals surface area contributed by atoms with Crippen molar-refractivity contribution in [1.82, 2.24) is 4.57 Å². The highest BCUT2D eigenvalue weighted by Crippen LogP contribution is 2.27. The lowest BCUT2D eigenvalue weighted by atomic mass is 10.1. The number of esters is 1. The van der Waals surface area contributed by atoms with Crippen molar-refractivity contribution in [2.75, 3.05) is 6.61 Å². The maximum absolute atomic E-state index is 13.2. The molecule has 0 saturated heterocycles. The molecule has 0 amide bonds. The van der Waals surface area contributed by atoms with Gasteiger partial charge in [0.2, 0.25) is 0 Å². The predicted molar refractivity (Wildman–Crippen MR) is 137 cm³/mol.